The Morgan fingerprint density at radius 3 is 2.53 bits per heavy atom. The van der Waals surface area contributed by atoms with E-state index in [0.29, 0.717) is 6.04 Å². The topological polar surface area (TPSA) is 15.3 Å². The van der Waals surface area contributed by atoms with E-state index in [0.717, 1.165) is 24.5 Å². The van der Waals surface area contributed by atoms with Crippen LogP contribution >= 0.6 is 11.6 Å². The zero-order valence-electron chi connectivity index (χ0n) is 12.8. The van der Waals surface area contributed by atoms with E-state index in [1.54, 1.807) is 0 Å². The van der Waals surface area contributed by atoms with Crippen molar-refractivity contribution in [1.29, 1.82) is 0 Å². The molecule has 1 aromatic rings. The lowest BCUT2D eigenvalue weighted by molar-refractivity contribution is 0.208. The molecule has 0 heterocycles. The number of nitrogens with one attached hydrogen (secondary N) is 1. The first kappa shape index (κ1) is 16.5. The minimum atomic E-state index is 0.171. The fraction of sp³-hybridized carbons (Fsp3) is 0.625. The summed E-state index contributed by atoms with van der Waals surface area (Å²) in [5, 5.41) is 4.40. The fourth-order valence-corrected chi connectivity index (χ4v) is 2.30. The minimum absolute atomic E-state index is 0.171. The van der Waals surface area contributed by atoms with Crippen LogP contribution in [0.15, 0.2) is 24.3 Å². The zero-order chi connectivity index (χ0) is 14.5. The van der Waals surface area contributed by atoms with Crippen LogP contribution < -0.4 is 5.32 Å². The van der Waals surface area contributed by atoms with E-state index >= 15 is 0 Å². The molecule has 0 radical (unpaired) electrons. The van der Waals surface area contributed by atoms with Crippen molar-refractivity contribution in [3.63, 3.8) is 0 Å². The van der Waals surface area contributed by atoms with Crippen LogP contribution in [-0.4, -0.2) is 30.1 Å². The van der Waals surface area contributed by atoms with Crippen molar-refractivity contribution in [3.05, 3.63) is 34.9 Å². The van der Waals surface area contributed by atoms with Crippen molar-refractivity contribution in [2.24, 2.45) is 0 Å². The van der Waals surface area contributed by atoms with Crippen LogP contribution in [0.3, 0.4) is 0 Å². The second-order valence-electron chi connectivity index (χ2n) is 6.24. The quantitative estimate of drug-likeness (QED) is 0.850. The summed E-state index contributed by atoms with van der Waals surface area (Å²) >= 11 is 6.03. The number of nitrogens with zero attached hydrogens (tertiary/aromatic N) is 1. The number of likely N-dealkylation sites (N-methyl/N-ethyl adjacent to an activating group) is 1. The largest absolute Gasteiger partial charge is 0.311 e. The summed E-state index contributed by atoms with van der Waals surface area (Å²) in [6, 6.07) is 8.65. The second-order valence-corrected chi connectivity index (χ2v) is 6.67. The van der Waals surface area contributed by atoms with Crippen LogP contribution in [0.1, 0.15) is 39.7 Å². The SMILES string of the molecule is CCC(CNC(C)(C)C)N(C)Cc1cccc(Cl)c1. The first-order valence-electron chi connectivity index (χ1n) is 7.01. The lowest BCUT2D eigenvalue weighted by atomic mass is 10.1. The van der Waals surface area contributed by atoms with E-state index in [2.05, 4.69) is 51.0 Å². The summed E-state index contributed by atoms with van der Waals surface area (Å²) < 4.78 is 0. The molecule has 0 bridgehead atoms. The lowest BCUT2D eigenvalue weighted by Gasteiger charge is -2.31. The van der Waals surface area contributed by atoms with E-state index in [-0.39, 0.29) is 5.54 Å². The number of hydrogen-bond donors (Lipinski definition) is 1. The molecule has 2 nitrogen and oxygen atoms in total. The van der Waals surface area contributed by atoms with Gasteiger partial charge in [-0.15, -0.1) is 0 Å². The van der Waals surface area contributed by atoms with Gasteiger partial charge in [0.2, 0.25) is 0 Å². The van der Waals surface area contributed by atoms with Gasteiger partial charge in [0.1, 0.15) is 0 Å². The van der Waals surface area contributed by atoms with Crippen LogP contribution in [0.4, 0.5) is 0 Å². The van der Waals surface area contributed by atoms with Crippen LogP contribution in [0, 0.1) is 0 Å². The average molecular weight is 283 g/mol. The van der Waals surface area contributed by atoms with Crippen molar-refractivity contribution in [2.75, 3.05) is 13.6 Å². The van der Waals surface area contributed by atoms with Gasteiger partial charge in [0.15, 0.2) is 0 Å². The molecule has 19 heavy (non-hydrogen) atoms. The Kier molecular flexibility index (Phi) is 6.31. The average Bonchev–Trinajstić information content (AvgIpc) is 2.28. The third-order valence-electron chi connectivity index (χ3n) is 3.28. The normalized spacial score (nSPS) is 13.8. The Bertz CT molecular complexity index is 385. The number of benzene rings is 1. The van der Waals surface area contributed by atoms with Crippen LogP contribution in [0.2, 0.25) is 5.02 Å². The predicted molar refractivity (Wildman–Crippen MR) is 84.8 cm³/mol. The predicted octanol–water partition coefficient (Wildman–Crippen LogP) is 3.94. The molecule has 0 aliphatic carbocycles. The molecule has 0 saturated carbocycles. The summed E-state index contributed by atoms with van der Waals surface area (Å²) in [5.41, 5.74) is 1.44. The van der Waals surface area contributed by atoms with Gasteiger partial charge < -0.3 is 5.32 Å². The Labute approximate surface area is 123 Å². The molecule has 0 amide bonds. The Balaban J connectivity index is 2.56. The molecule has 0 aliphatic rings. The highest BCUT2D eigenvalue weighted by Gasteiger charge is 2.16. The molecule has 1 N–H and O–H groups in total. The van der Waals surface area contributed by atoms with Crippen molar-refractivity contribution >= 4 is 11.6 Å². The van der Waals surface area contributed by atoms with Crippen LogP contribution in [-0.2, 0) is 6.54 Å². The molecule has 0 aromatic heterocycles. The van der Waals surface area contributed by atoms with Crippen molar-refractivity contribution in [3.8, 4) is 0 Å². The maximum absolute atomic E-state index is 6.03. The maximum atomic E-state index is 6.03. The van der Waals surface area contributed by atoms with Crippen molar-refractivity contribution < 1.29 is 0 Å². The molecule has 0 fully saturated rings. The van der Waals surface area contributed by atoms with E-state index in [1.807, 2.05) is 18.2 Å². The van der Waals surface area contributed by atoms with E-state index in [4.69, 9.17) is 11.6 Å². The fourth-order valence-electron chi connectivity index (χ4n) is 2.09. The standard InChI is InChI=1S/C16H27ClN2/c1-6-15(11-18-16(2,3)4)19(5)12-13-8-7-9-14(17)10-13/h7-10,15,18H,6,11-12H2,1-5H3. The Hall–Kier alpha value is -0.570. The molecule has 1 atom stereocenters. The van der Waals surface area contributed by atoms with E-state index in [9.17, 15) is 0 Å². The number of halogens is 1. The van der Waals surface area contributed by atoms with Gasteiger partial charge in [-0.2, -0.15) is 0 Å². The van der Waals surface area contributed by atoms with Gasteiger partial charge >= 0.3 is 0 Å². The van der Waals surface area contributed by atoms with Gasteiger partial charge in [-0.25, -0.2) is 0 Å². The van der Waals surface area contributed by atoms with Crippen molar-refractivity contribution in [1.82, 2.24) is 10.2 Å². The zero-order valence-corrected chi connectivity index (χ0v) is 13.6. The molecule has 108 valence electrons. The number of rotatable bonds is 6. The molecule has 0 saturated heterocycles. The van der Waals surface area contributed by atoms with Gasteiger partial charge in [0, 0.05) is 29.7 Å². The summed E-state index contributed by atoms with van der Waals surface area (Å²) in [6.07, 6.45) is 1.14. The highest BCUT2D eigenvalue weighted by atomic mass is 35.5. The minimum Gasteiger partial charge on any atom is -0.311 e. The van der Waals surface area contributed by atoms with Gasteiger partial charge in [-0.3, -0.25) is 4.90 Å². The summed E-state index contributed by atoms with van der Waals surface area (Å²) in [7, 11) is 2.18. The first-order valence-corrected chi connectivity index (χ1v) is 7.39. The van der Waals surface area contributed by atoms with Gasteiger partial charge in [0.25, 0.3) is 0 Å². The van der Waals surface area contributed by atoms with Gasteiger partial charge in [-0.05, 0) is 51.9 Å². The van der Waals surface area contributed by atoms with Crippen LogP contribution in [0.5, 0.6) is 0 Å². The maximum Gasteiger partial charge on any atom is 0.0409 e. The monoisotopic (exact) mass is 282 g/mol. The molecule has 1 unspecified atom stereocenters. The van der Waals surface area contributed by atoms with Crippen molar-refractivity contribution in [2.45, 2.75) is 52.2 Å². The third kappa shape index (κ3) is 6.42. The molecule has 1 rings (SSSR count). The molecule has 1 aromatic carbocycles. The van der Waals surface area contributed by atoms with Gasteiger partial charge in [-0.1, -0.05) is 30.7 Å². The number of hydrogen-bond acceptors (Lipinski definition) is 2. The smallest absolute Gasteiger partial charge is 0.0409 e. The highest BCUT2D eigenvalue weighted by molar-refractivity contribution is 6.30. The van der Waals surface area contributed by atoms with E-state index in [1.165, 1.54) is 5.56 Å². The summed E-state index contributed by atoms with van der Waals surface area (Å²) in [6.45, 7) is 10.8. The Morgan fingerprint density at radius 1 is 1.32 bits per heavy atom. The third-order valence-corrected chi connectivity index (χ3v) is 3.52. The molecular formula is C16H27ClN2. The van der Waals surface area contributed by atoms with Gasteiger partial charge in [0.05, 0.1) is 0 Å². The Morgan fingerprint density at radius 2 is 2.00 bits per heavy atom. The second kappa shape index (κ2) is 7.28. The summed E-state index contributed by atoms with van der Waals surface area (Å²) in [4.78, 5) is 2.39. The summed E-state index contributed by atoms with van der Waals surface area (Å²) in [5.74, 6) is 0. The lowest BCUT2D eigenvalue weighted by Crippen LogP contribution is -2.46. The molecular weight excluding hydrogens is 256 g/mol. The van der Waals surface area contributed by atoms with E-state index < -0.39 is 0 Å². The first-order chi connectivity index (χ1) is 8.81. The molecule has 0 spiro atoms. The highest BCUT2D eigenvalue weighted by Crippen LogP contribution is 2.14. The molecule has 3 heteroatoms. The molecule has 0 aliphatic heterocycles. The van der Waals surface area contributed by atoms with Crippen LogP contribution in [0.25, 0.3) is 0 Å².